The smallest absolute Gasteiger partial charge is 0.340 e. The van der Waals surface area contributed by atoms with E-state index in [4.69, 9.17) is 4.74 Å². The van der Waals surface area contributed by atoms with Crippen molar-refractivity contribution in [2.45, 2.75) is 31.6 Å². The summed E-state index contributed by atoms with van der Waals surface area (Å²) in [6.45, 7) is 4.59. The first kappa shape index (κ1) is 24.8. The molecule has 0 amide bonds. The number of Topliss-reactive ketones (excluding diaryl/α,β-unsaturated/α-hetero) is 1. The van der Waals surface area contributed by atoms with E-state index in [1.165, 1.54) is 16.4 Å². The Hall–Kier alpha value is -2.85. The number of hydrogen-bond acceptors (Lipinski definition) is 6. The maximum atomic E-state index is 13.9. The van der Waals surface area contributed by atoms with E-state index in [9.17, 15) is 26.8 Å². The molecule has 2 aromatic rings. The summed E-state index contributed by atoms with van der Waals surface area (Å²) in [5.74, 6) is -3.62. The van der Waals surface area contributed by atoms with Crippen LogP contribution in [0.3, 0.4) is 0 Å². The number of carbonyl (C=O) groups is 2. The molecule has 10 heteroatoms. The van der Waals surface area contributed by atoms with Crippen molar-refractivity contribution in [2.24, 2.45) is 0 Å². The van der Waals surface area contributed by atoms with Gasteiger partial charge in [0.25, 0.3) is 0 Å². The van der Waals surface area contributed by atoms with Gasteiger partial charge < -0.3 is 9.64 Å². The van der Waals surface area contributed by atoms with Gasteiger partial charge in [-0.15, -0.1) is 0 Å². The molecule has 1 fully saturated rings. The van der Waals surface area contributed by atoms with E-state index in [2.05, 4.69) is 0 Å². The lowest BCUT2D eigenvalue weighted by molar-refractivity contribution is 0.0474. The van der Waals surface area contributed by atoms with Crippen molar-refractivity contribution < 1.29 is 31.5 Å². The number of halogens is 2. The van der Waals surface area contributed by atoms with Gasteiger partial charge in [0, 0.05) is 32.2 Å². The summed E-state index contributed by atoms with van der Waals surface area (Å²) in [5.41, 5.74) is 0.121. The Bertz CT molecular complexity index is 1140. The van der Waals surface area contributed by atoms with Crippen LogP contribution in [0.5, 0.6) is 0 Å². The molecule has 2 aromatic carbocycles. The number of benzene rings is 2. The number of hydrogen-bond donors (Lipinski definition) is 0. The number of ether oxygens (including phenoxy) is 1. The van der Waals surface area contributed by atoms with E-state index in [0.29, 0.717) is 24.8 Å². The highest BCUT2D eigenvalue weighted by Gasteiger charge is 2.27. The van der Waals surface area contributed by atoms with Gasteiger partial charge in [-0.1, -0.05) is 13.8 Å². The topological polar surface area (TPSA) is 84.0 Å². The molecule has 178 valence electrons. The molecule has 0 saturated carbocycles. The second-order valence-corrected chi connectivity index (χ2v) is 9.52. The highest BCUT2D eigenvalue weighted by molar-refractivity contribution is 7.89. The fourth-order valence-electron chi connectivity index (χ4n) is 3.79. The molecule has 33 heavy (non-hydrogen) atoms. The summed E-state index contributed by atoms with van der Waals surface area (Å²) in [5, 5.41) is 0. The van der Waals surface area contributed by atoms with Crippen molar-refractivity contribution in [3.05, 3.63) is 59.2 Å². The van der Waals surface area contributed by atoms with Gasteiger partial charge in [0.1, 0.15) is 11.6 Å². The van der Waals surface area contributed by atoms with Gasteiger partial charge in [-0.05, 0) is 43.2 Å². The maximum absolute atomic E-state index is 13.9. The van der Waals surface area contributed by atoms with E-state index < -0.39 is 45.6 Å². The highest BCUT2D eigenvalue weighted by atomic mass is 32.2. The normalized spacial score (nSPS) is 14.0. The number of ketones is 1. The van der Waals surface area contributed by atoms with Crippen LogP contribution < -0.4 is 4.90 Å². The van der Waals surface area contributed by atoms with Crippen molar-refractivity contribution in [3.63, 3.8) is 0 Å². The molecule has 0 radical (unpaired) electrons. The van der Waals surface area contributed by atoms with Gasteiger partial charge in [-0.2, -0.15) is 4.31 Å². The maximum Gasteiger partial charge on any atom is 0.340 e. The summed E-state index contributed by atoms with van der Waals surface area (Å²) in [6.07, 6.45) is 1.85. The lowest BCUT2D eigenvalue weighted by Crippen LogP contribution is -2.31. The number of esters is 1. The Labute approximate surface area is 192 Å². The van der Waals surface area contributed by atoms with Crippen LogP contribution in [-0.2, 0) is 14.8 Å². The summed E-state index contributed by atoms with van der Waals surface area (Å²) < 4.78 is 59.3. The first-order chi connectivity index (χ1) is 15.7. The second kappa shape index (κ2) is 10.4. The molecule has 1 aliphatic heterocycles. The molecule has 0 bridgehead atoms. The molecule has 1 aliphatic rings. The van der Waals surface area contributed by atoms with Crippen molar-refractivity contribution in [3.8, 4) is 0 Å². The van der Waals surface area contributed by atoms with E-state index in [0.717, 1.165) is 25.0 Å². The minimum atomic E-state index is -3.83. The molecule has 7 nitrogen and oxygen atoms in total. The standard InChI is InChI=1S/C23H26F2N2O5S/c1-3-27(4-2)33(30,31)17-8-10-21(26-11-5-6-12-26)19(14-17)23(29)32-15-22(28)18-9-7-16(24)13-20(18)25/h7-10,13-14H,3-6,11-12,15H2,1-2H3. The Kier molecular flexibility index (Phi) is 7.80. The van der Waals surface area contributed by atoms with Crippen molar-refractivity contribution >= 4 is 27.5 Å². The molecule has 0 N–H and O–H groups in total. The quantitative estimate of drug-likeness (QED) is 0.403. The first-order valence-electron chi connectivity index (χ1n) is 10.7. The molecule has 0 unspecified atom stereocenters. The van der Waals surface area contributed by atoms with Gasteiger partial charge in [0.05, 0.1) is 21.7 Å². The molecule has 0 atom stereocenters. The van der Waals surface area contributed by atoms with Gasteiger partial charge in [-0.3, -0.25) is 4.79 Å². The fraction of sp³-hybridized carbons (Fsp3) is 0.391. The number of carbonyl (C=O) groups excluding carboxylic acids is 2. The first-order valence-corrected chi connectivity index (χ1v) is 12.2. The van der Waals surface area contributed by atoms with Crippen LogP contribution in [0.1, 0.15) is 47.4 Å². The number of nitrogens with zero attached hydrogens (tertiary/aromatic N) is 2. The Morgan fingerprint density at radius 1 is 1.00 bits per heavy atom. The van der Waals surface area contributed by atoms with E-state index in [1.807, 2.05) is 4.90 Å². The molecule has 3 rings (SSSR count). The Morgan fingerprint density at radius 3 is 2.27 bits per heavy atom. The third kappa shape index (κ3) is 5.39. The number of anilines is 1. The van der Waals surface area contributed by atoms with Crippen LogP contribution in [0.4, 0.5) is 14.5 Å². The van der Waals surface area contributed by atoms with Crippen molar-refractivity contribution in [2.75, 3.05) is 37.7 Å². The molecule has 0 aliphatic carbocycles. The second-order valence-electron chi connectivity index (χ2n) is 7.59. The van der Waals surface area contributed by atoms with Crippen molar-refractivity contribution in [1.29, 1.82) is 0 Å². The molecular weight excluding hydrogens is 454 g/mol. The van der Waals surface area contributed by atoms with Gasteiger partial charge in [0.2, 0.25) is 15.8 Å². The third-order valence-electron chi connectivity index (χ3n) is 5.54. The molecule has 0 spiro atoms. The van der Waals surface area contributed by atoms with Crippen LogP contribution in [-0.4, -0.2) is 57.3 Å². The third-order valence-corrected chi connectivity index (χ3v) is 7.59. The van der Waals surface area contributed by atoms with Crippen LogP contribution in [0.15, 0.2) is 41.3 Å². The minimum Gasteiger partial charge on any atom is -0.454 e. The molecular formula is C23H26F2N2O5S. The van der Waals surface area contributed by atoms with Crippen LogP contribution in [0.2, 0.25) is 0 Å². The zero-order valence-corrected chi connectivity index (χ0v) is 19.3. The summed E-state index contributed by atoms with van der Waals surface area (Å²) in [4.78, 5) is 27.1. The van der Waals surface area contributed by atoms with E-state index in [-0.39, 0.29) is 23.5 Å². The largest absolute Gasteiger partial charge is 0.454 e. The zero-order chi connectivity index (χ0) is 24.2. The Morgan fingerprint density at radius 2 is 1.67 bits per heavy atom. The van der Waals surface area contributed by atoms with Crippen LogP contribution >= 0.6 is 0 Å². The summed E-state index contributed by atoms with van der Waals surface area (Å²) >= 11 is 0. The van der Waals surface area contributed by atoms with Crippen LogP contribution in [0.25, 0.3) is 0 Å². The number of sulfonamides is 1. The average molecular weight is 481 g/mol. The lowest BCUT2D eigenvalue weighted by atomic mass is 10.1. The monoisotopic (exact) mass is 480 g/mol. The fourth-order valence-corrected chi connectivity index (χ4v) is 5.27. The molecule has 1 saturated heterocycles. The number of rotatable bonds is 9. The molecule has 0 aromatic heterocycles. The van der Waals surface area contributed by atoms with E-state index in [1.54, 1.807) is 19.9 Å². The van der Waals surface area contributed by atoms with Gasteiger partial charge in [-0.25, -0.2) is 22.0 Å². The predicted octanol–water partition coefficient (Wildman–Crippen LogP) is 3.64. The summed E-state index contributed by atoms with van der Waals surface area (Å²) in [7, 11) is -3.83. The van der Waals surface area contributed by atoms with Gasteiger partial charge >= 0.3 is 5.97 Å². The Balaban J connectivity index is 1.89. The highest BCUT2D eigenvalue weighted by Crippen LogP contribution is 2.29. The lowest BCUT2D eigenvalue weighted by Gasteiger charge is -2.23. The predicted molar refractivity (Wildman–Crippen MR) is 119 cm³/mol. The van der Waals surface area contributed by atoms with Crippen molar-refractivity contribution in [1.82, 2.24) is 4.31 Å². The van der Waals surface area contributed by atoms with E-state index >= 15 is 0 Å². The summed E-state index contributed by atoms with van der Waals surface area (Å²) in [6, 6.07) is 6.77. The average Bonchev–Trinajstić information content (AvgIpc) is 3.32. The van der Waals surface area contributed by atoms with Crippen LogP contribution in [0, 0.1) is 11.6 Å². The SMILES string of the molecule is CCN(CC)S(=O)(=O)c1ccc(N2CCCC2)c(C(=O)OCC(=O)c2ccc(F)cc2F)c1. The van der Waals surface area contributed by atoms with Gasteiger partial charge in [0.15, 0.2) is 6.61 Å². The molecule has 1 heterocycles. The zero-order valence-electron chi connectivity index (χ0n) is 18.5. The minimum absolute atomic E-state index is 0.0116.